The molecule has 0 unspecified atom stereocenters. The van der Waals surface area contributed by atoms with Crippen molar-refractivity contribution in [2.75, 3.05) is 23.8 Å². The van der Waals surface area contributed by atoms with Crippen molar-refractivity contribution in [2.45, 2.75) is 57.0 Å². The van der Waals surface area contributed by atoms with Crippen LogP contribution in [0.15, 0.2) is 29.6 Å². The molecular formula is C23H31N5O6S. The molecule has 0 spiro atoms. The number of carbonyl (C=O) groups is 3. The highest BCUT2D eigenvalue weighted by Crippen LogP contribution is 2.28. The predicted octanol–water partition coefficient (Wildman–Crippen LogP) is 1.22. The van der Waals surface area contributed by atoms with E-state index >= 15 is 0 Å². The van der Waals surface area contributed by atoms with Gasteiger partial charge in [-0.05, 0) is 31.5 Å². The average molecular weight is 506 g/mol. The molecular weight excluding hydrogens is 474 g/mol. The van der Waals surface area contributed by atoms with Gasteiger partial charge >= 0.3 is 5.97 Å². The molecule has 4 atom stereocenters. The minimum Gasteiger partial charge on any atom is -0.462 e. The normalized spacial score (nSPS) is 20.3. The van der Waals surface area contributed by atoms with Crippen LogP contribution in [0.4, 0.5) is 10.8 Å². The minimum atomic E-state index is -0.958. The lowest BCUT2D eigenvalue weighted by molar-refractivity contribution is -0.151. The Labute approximate surface area is 207 Å². The summed E-state index contributed by atoms with van der Waals surface area (Å²) in [6, 6.07) is 6.31. The van der Waals surface area contributed by atoms with Crippen molar-refractivity contribution in [3.8, 4) is 11.3 Å². The van der Waals surface area contributed by atoms with E-state index in [2.05, 4.69) is 15.6 Å². The van der Waals surface area contributed by atoms with E-state index in [0.29, 0.717) is 29.5 Å². The molecule has 1 aromatic heterocycles. The summed E-state index contributed by atoms with van der Waals surface area (Å²) in [5, 5.41) is 18.0. The standard InChI is InChI=1S/C23H31N5O6S/c1-13(29)26-23-28-17(12-35-23)14-5-4-6-15(9-14)27-21(31)19-10-18(30)20(34-19)11-33-22(32)16(25)7-2-3-8-24/h4-6,9,12,16,18-20,30H,2-3,7-8,10-11,24-25H2,1H3,(H,27,31)(H,26,28,29)/t16-,18-,19+,20+/m0/s1. The molecule has 12 heteroatoms. The number of aromatic nitrogens is 1. The van der Waals surface area contributed by atoms with Gasteiger partial charge in [-0.3, -0.25) is 14.4 Å². The molecule has 35 heavy (non-hydrogen) atoms. The fourth-order valence-electron chi connectivity index (χ4n) is 3.54. The summed E-state index contributed by atoms with van der Waals surface area (Å²) in [5.74, 6) is -1.21. The fourth-order valence-corrected chi connectivity index (χ4v) is 4.30. The van der Waals surface area contributed by atoms with Crippen molar-refractivity contribution in [1.82, 2.24) is 4.98 Å². The van der Waals surface area contributed by atoms with E-state index in [1.807, 2.05) is 6.07 Å². The molecule has 1 saturated heterocycles. The van der Waals surface area contributed by atoms with Crippen LogP contribution in [0.5, 0.6) is 0 Å². The third-order valence-electron chi connectivity index (χ3n) is 5.39. The summed E-state index contributed by atoms with van der Waals surface area (Å²) in [6.07, 6.45) is -0.655. The van der Waals surface area contributed by atoms with Gasteiger partial charge in [-0.2, -0.15) is 0 Å². The molecule has 0 saturated carbocycles. The summed E-state index contributed by atoms with van der Waals surface area (Å²) in [6.45, 7) is 1.75. The summed E-state index contributed by atoms with van der Waals surface area (Å²) in [5.41, 5.74) is 13.2. The first-order valence-electron chi connectivity index (χ1n) is 11.4. The lowest BCUT2D eigenvalue weighted by Gasteiger charge is -2.17. The van der Waals surface area contributed by atoms with Gasteiger partial charge in [-0.15, -0.1) is 11.3 Å². The van der Waals surface area contributed by atoms with E-state index in [0.717, 1.165) is 18.4 Å². The SMILES string of the molecule is CC(=O)Nc1nc(-c2cccc(NC(=O)[C@H]3C[C@H](O)[C@@H](COC(=O)[C@@H](N)CCCCN)O3)c2)cs1. The number of nitrogens with zero attached hydrogens (tertiary/aromatic N) is 1. The van der Waals surface area contributed by atoms with Crippen molar-refractivity contribution in [3.05, 3.63) is 29.6 Å². The number of amides is 2. The van der Waals surface area contributed by atoms with Crippen LogP contribution in [-0.4, -0.2) is 65.4 Å². The molecule has 190 valence electrons. The average Bonchev–Trinajstić information content (AvgIpc) is 3.43. The lowest BCUT2D eigenvalue weighted by atomic mass is 10.1. The summed E-state index contributed by atoms with van der Waals surface area (Å²) in [7, 11) is 0. The zero-order valence-corrected chi connectivity index (χ0v) is 20.3. The Kier molecular flexibility index (Phi) is 9.69. The van der Waals surface area contributed by atoms with Crippen LogP contribution in [0.3, 0.4) is 0 Å². The second-order valence-corrected chi connectivity index (χ2v) is 9.13. The second-order valence-electron chi connectivity index (χ2n) is 8.28. The molecule has 2 aromatic rings. The lowest BCUT2D eigenvalue weighted by Crippen LogP contribution is -2.36. The van der Waals surface area contributed by atoms with Crippen molar-refractivity contribution in [1.29, 1.82) is 0 Å². The number of anilines is 2. The van der Waals surface area contributed by atoms with Gasteiger partial charge in [0.15, 0.2) is 5.13 Å². The van der Waals surface area contributed by atoms with E-state index in [9.17, 15) is 19.5 Å². The second kappa shape index (κ2) is 12.7. The van der Waals surface area contributed by atoms with Gasteiger partial charge in [-0.25, -0.2) is 4.98 Å². The van der Waals surface area contributed by atoms with E-state index < -0.39 is 36.2 Å². The number of hydrogen-bond donors (Lipinski definition) is 5. The summed E-state index contributed by atoms with van der Waals surface area (Å²) < 4.78 is 10.8. The Morgan fingerprint density at radius 1 is 1.31 bits per heavy atom. The van der Waals surface area contributed by atoms with E-state index in [1.165, 1.54) is 18.3 Å². The Bertz CT molecular complexity index is 1030. The first-order chi connectivity index (χ1) is 16.8. The number of carbonyl (C=O) groups excluding carboxylic acids is 3. The predicted molar refractivity (Wildman–Crippen MR) is 132 cm³/mol. The maximum atomic E-state index is 12.7. The molecule has 11 nitrogen and oxygen atoms in total. The minimum absolute atomic E-state index is 0.0719. The number of aliphatic hydroxyl groups excluding tert-OH is 1. The van der Waals surface area contributed by atoms with Crippen LogP contribution >= 0.6 is 11.3 Å². The molecule has 2 amide bonds. The van der Waals surface area contributed by atoms with Gasteiger partial charge < -0.3 is 36.7 Å². The maximum Gasteiger partial charge on any atom is 0.323 e. The van der Waals surface area contributed by atoms with Crippen LogP contribution < -0.4 is 22.1 Å². The molecule has 0 bridgehead atoms. The smallest absolute Gasteiger partial charge is 0.323 e. The van der Waals surface area contributed by atoms with Gasteiger partial charge in [0.05, 0.1) is 11.8 Å². The number of hydrogen-bond acceptors (Lipinski definition) is 10. The quantitative estimate of drug-likeness (QED) is 0.222. The Morgan fingerprint density at radius 2 is 2.11 bits per heavy atom. The molecule has 2 heterocycles. The van der Waals surface area contributed by atoms with Crippen LogP contribution in [0.25, 0.3) is 11.3 Å². The Balaban J connectivity index is 1.51. The number of thiazole rings is 1. The van der Waals surface area contributed by atoms with Crippen molar-refractivity contribution < 1.29 is 29.0 Å². The Hall–Kier alpha value is -2.90. The van der Waals surface area contributed by atoms with Gasteiger partial charge in [0.2, 0.25) is 5.91 Å². The Morgan fingerprint density at radius 3 is 2.86 bits per heavy atom. The van der Waals surface area contributed by atoms with Crippen LogP contribution in [-0.2, 0) is 23.9 Å². The largest absolute Gasteiger partial charge is 0.462 e. The monoisotopic (exact) mass is 505 g/mol. The first-order valence-corrected chi connectivity index (χ1v) is 12.2. The molecule has 1 aromatic carbocycles. The number of ether oxygens (including phenoxy) is 2. The van der Waals surface area contributed by atoms with Crippen molar-refractivity contribution in [2.24, 2.45) is 11.5 Å². The van der Waals surface area contributed by atoms with Gasteiger partial charge in [0, 0.05) is 30.0 Å². The van der Waals surface area contributed by atoms with Crippen molar-refractivity contribution >= 4 is 39.9 Å². The van der Waals surface area contributed by atoms with Crippen molar-refractivity contribution in [3.63, 3.8) is 0 Å². The highest BCUT2D eigenvalue weighted by molar-refractivity contribution is 7.14. The molecule has 7 N–H and O–H groups in total. The zero-order valence-electron chi connectivity index (χ0n) is 19.4. The van der Waals surface area contributed by atoms with Crippen LogP contribution in [0, 0.1) is 0 Å². The van der Waals surface area contributed by atoms with E-state index in [1.54, 1.807) is 23.6 Å². The summed E-state index contributed by atoms with van der Waals surface area (Å²) >= 11 is 1.30. The maximum absolute atomic E-state index is 12.7. The van der Waals surface area contributed by atoms with Crippen LogP contribution in [0.1, 0.15) is 32.6 Å². The van der Waals surface area contributed by atoms with E-state index in [-0.39, 0.29) is 18.9 Å². The van der Waals surface area contributed by atoms with Gasteiger partial charge in [0.1, 0.15) is 24.9 Å². The highest BCUT2D eigenvalue weighted by Gasteiger charge is 2.39. The number of nitrogens with one attached hydrogen (secondary N) is 2. The number of nitrogens with two attached hydrogens (primary N) is 2. The number of esters is 1. The number of rotatable bonds is 11. The summed E-state index contributed by atoms with van der Waals surface area (Å²) in [4.78, 5) is 40.3. The molecule has 1 aliphatic heterocycles. The third kappa shape index (κ3) is 7.80. The fraction of sp³-hybridized carbons (Fsp3) is 0.478. The molecule has 1 aliphatic rings. The van der Waals surface area contributed by atoms with Crippen LogP contribution in [0.2, 0.25) is 0 Å². The number of aliphatic hydroxyl groups is 1. The molecule has 0 aliphatic carbocycles. The van der Waals surface area contributed by atoms with Gasteiger partial charge in [0.25, 0.3) is 5.91 Å². The number of benzene rings is 1. The first kappa shape index (κ1) is 26.7. The molecule has 3 rings (SSSR count). The number of unbranched alkanes of at least 4 members (excludes halogenated alkanes) is 1. The molecule has 1 fully saturated rings. The third-order valence-corrected chi connectivity index (χ3v) is 6.15. The highest BCUT2D eigenvalue weighted by atomic mass is 32.1. The molecule has 0 radical (unpaired) electrons. The van der Waals surface area contributed by atoms with E-state index in [4.69, 9.17) is 20.9 Å². The zero-order chi connectivity index (χ0) is 25.4. The topological polar surface area (TPSA) is 179 Å². The van der Waals surface area contributed by atoms with Gasteiger partial charge in [-0.1, -0.05) is 18.6 Å².